The minimum atomic E-state index is -0.821. The Bertz CT molecular complexity index is 459. The number of methoxy groups -OCH3 is 1. The van der Waals surface area contributed by atoms with Crippen molar-refractivity contribution in [3.05, 3.63) is 34.9 Å². The van der Waals surface area contributed by atoms with Crippen LogP contribution in [0.2, 0.25) is 0 Å². The molecule has 4 nitrogen and oxygen atoms in total. The summed E-state index contributed by atoms with van der Waals surface area (Å²) in [5.74, 6) is -0.327. The number of nitrogens with zero attached hydrogens (tertiary/aromatic N) is 1. The van der Waals surface area contributed by atoms with E-state index in [2.05, 4.69) is 11.8 Å². The highest BCUT2D eigenvalue weighted by Crippen LogP contribution is 2.23. The molecule has 1 aliphatic rings. The number of rotatable bonds is 5. The van der Waals surface area contributed by atoms with Crippen LogP contribution in [0.5, 0.6) is 0 Å². The van der Waals surface area contributed by atoms with E-state index in [0.29, 0.717) is 11.5 Å². The Hall–Kier alpha value is -1.39. The Morgan fingerprint density at radius 2 is 2.32 bits per heavy atom. The topological polar surface area (TPSA) is 49.8 Å². The maximum absolute atomic E-state index is 11.2. The van der Waals surface area contributed by atoms with Gasteiger partial charge in [0.25, 0.3) is 0 Å². The van der Waals surface area contributed by atoms with E-state index in [1.54, 1.807) is 13.2 Å². The minimum Gasteiger partial charge on any atom is -0.478 e. The lowest BCUT2D eigenvalue weighted by Crippen LogP contribution is -2.35. The van der Waals surface area contributed by atoms with E-state index in [4.69, 9.17) is 4.74 Å². The molecule has 1 unspecified atom stereocenters. The van der Waals surface area contributed by atoms with Gasteiger partial charge in [0.15, 0.2) is 0 Å². The Morgan fingerprint density at radius 1 is 1.53 bits per heavy atom. The Kier molecular flexibility index (Phi) is 4.56. The van der Waals surface area contributed by atoms with E-state index >= 15 is 0 Å². The summed E-state index contributed by atoms with van der Waals surface area (Å²) in [6.07, 6.45) is 0.817. The highest BCUT2D eigenvalue weighted by molar-refractivity contribution is 5.89. The summed E-state index contributed by atoms with van der Waals surface area (Å²) >= 11 is 0. The molecule has 0 spiro atoms. The second kappa shape index (κ2) is 6.17. The van der Waals surface area contributed by atoms with Crippen LogP contribution in [0.15, 0.2) is 18.2 Å². The molecular weight excluding hydrogens is 242 g/mol. The third-order valence-corrected chi connectivity index (χ3v) is 3.60. The van der Waals surface area contributed by atoms with E-state index in [1.807, 2.05) is 12.1 Å². The lowest BCUT2D eigenvalue weighted by Gasteiger charge is -2.31. The van der Waals surface area contributed by atoms with Crippen molar-refractivity contribution in [2.24, 2.45) is 5.92 Å². The third-order valence-electron chi connectivity index (χ3n) is 3.60. The summed E-state index contributed by atoms with van der Waals surface area (Å²) in [6.45, 7) is 5.69. The molecule has 1 heterocycles. The quantitative estimate of drug-likeness (QED) is 0.883. The van der Waals surface area contributed by atoms with Crippen LogP contribution in [0.3, 0.4) is 0 Å². The van der Waals surface area contributed by atoms with Gasteiger partial charge in [-0.3, -0.25) is 4.90 Å². The van der Waals surface area contributed by atoms with Crippen molar-refractivity contribution in [1.29, 1.82) is 0 Å². The summed E-state index contributed by atoms with van der Waals surface area (Å²) in [5.41, 5.74) is 2.61. The van der Waals surface area contributed by atoms with E-state index in [-0.39, 0.29) is 0 Å². The maximum Gasteiger partial charge on any atom is 0.335 e. The monoisotopic (exact) mass is 263 g/mol. The fourth-order valence-corrected chi connectivity index (χ4v) is 2.80. The third kappa shape index (κ3) is 3.33. The Balaban J connectivity index is 2.08. The number of hydrogen-bond acceptors (Lipinski definition) is 3. The normalized spacial score (nSPS) is 16.9. The smallest absolute Gasteiger partial charge is 0.335 e. The van der Waals surface area contributed by atoms with Gasteiger partial charge >= 0.3 is 5.97 Å². The first-order valence-corrected chi connectivity index (χ1v) is 6.67. The minimum absolute atomic E-state index is 0.460. The van der Waals surface area contributed by atoms with Gasteiger partial charge < -0.3 is 9.84 Å². The summed E-state index contributed by atoms with van der Waals surface area (Å²) < 4.78 is 5.16. The first kappa shape index (κ1) is 14.0. The standard InChI is InChI=1S/C15H21NO3/c1-11(10-19-2)8-16-7-6-13-12(9-16)4-3-5-14(13)15(17)18/h3-5,11H,6-10H2,1-2H3,(H,17,18). The van der Waals surface area contributed by atoms with Gasteiger partial charge in [0.2, 0.25) is 0 Å². The highest BCUT2D eigenvalue weighted by Gasteiger charge is 2.21. The van der Waals surface area contributed by atoms with Crippen molar-refractivity contribution in [3.63, 3.8) is 0 Å². The number of ether oxygens (including phenoxy) is 1. The molecule has 0 saturated carbocycles. The summed E-state index contributed by atoms with van der Waals surface area (Å²) in [7, 11) is 1.72. The van der Waals surface area contributed by atoms with Crippen LogP contribution >= 0.6 is 0 Å². The molecular formula is C15H21NO3. The number of aromatic carboxylic acids is 1. The zero-order valence-electron chi connectivity index (χ0n) is 11.6. The largest absolute Gasteiger partial charge is 0.478 e. The first-order chi connectivity index (χ1) is 9.11. The lowest BCUT2D eigenvalue weighted by molar-refractivity contribution is 0.0694. The van der Waals surface area contributed by atoms with Crippen molar-refractivity contribution in [2.45, 2.75) is 19.9 Å². The molecule has 0 radical (unpaired) electrons. The fraction of sp³-hybridized carbons (Fsp3) is 0.533. The number of carbonyl (C=O) groups is 1. The van der Waals surface area contributed by atoms with Gasteiger partial charge in [-0.15, -0.1) is 0 Å². The van der Waals surface area contributed by atoms with Crippen molar-refractivity contribution in [2.75, 3.05) is 26.8 Å². The molecule has 2 rings (SSSR count). The molecule has 0 amide bonds. The van der Waals surface area contributed by atoms with Crippen molar-refractivity contribution in [1.82, 2.24) is 4.90 Å². The first-order valence-electron chi connectivity index (χ1n) is 6.67. The second-order valence-electron chi connectivity index (χ2n) is 5.29. The lowest BCUT2D eigenvalue weighted by atomic mass is 9.94. The van der Waals surface area contributed by atoms with Crippen LogP contribution in [0, 0.1) is 5.92 Å². The van der Waals surface area contributed by atoms with Gasteiger partial charge in [0, 0.05) is 33.4 Å². The summed E-state index contributed by atoms with van der Waals surface area (Å²) in [4.78, 5) is 13.6. The predicted octanol–water partition coefficient (Wildman–Crippen LogP) is 2.03. The molecule has 0 aromatic heterocycles. The number of carboxylic acids is 1. The van der Waals surface area contributed by atoms with E-state index in [9.17, 15) is 9.90 Å². The van der Waals surface area contributed by atoms with Crippen LogP contribution in [-0.2, 0) is 17.7 Å². The Morgan fingerprint density at radius 3 is 3.00 bits per heavy atom. The van der Waals surface area contributed by atoms with Crippen LogP contribution in [0.4, 0.5) is 0 Å². The molecule has 0 fully saturated rings. The van der Waals surface area contributed by atoms with Gasteiger partial charge in [0.05, 0.1) is 5.56 Å². The zero-order chi connectivity index (χ0) is 13.8. The molecule has 104 valence electrons. The molecule has 0 bridgehead atoms. The number of fused-ring (bicyclic) bond motifs is 1. The van der Waals surface area contributed by atoms with Gasteiger partial charge in [-0.1, -0.05) is 19.1 Å². The van der Waals surface area contributed by atoms with Crippen LogP contribution < -0.4 is 0 Å². The SMILES string of the molecule is COCC(C)CN1CCc2c(cccc2C(=O)O)C1. The molecule has 1 atom stereocenters. The molecule has 1 aliphatic heterocycles. The number of benzene rings is 1. The van der Waals surface area contributed by atoms with E-state index in [1.165, 1.54) is 0 Å². The van der Waals surface area contributed by atoms with Crippen molar-refractivity contribution < 1.29 is 14.6 Å². The van der Waals surface area contributed by atoms with Crippen LogP contribution in [0.1, 0.15) is 28.4 Å². The molecule has 19 heavy (non-hydrogen) atoms. The molecule has 4 heteroatoms. The van der Waals surface area contributed by atoms with Gasteiger partial charge in [0.1, 0.15) is 0 Å². The predicted molar refractivity (Wildman–Crippen MR) is 73.4 cm³/mol. The Labute approximate surface area is 114 Å². The van der Waals surface area contributed by atoms with Crippen LogP contribution in [0.25, 0.3) is 0 Å². The second-order valence-corrected chi connectivity index (χ2v) is 5.29. The fourth-order valence-electron chi connectivity index (χ4n) is 2.80. The van der Waals surface area contributed by atoms with Gasteiger partial charge in [-0.2, -0.15) is 0 Å². The van der Waals surface area contributed by atoms with Gasteiger partial charge in [-0.05, 0) is 29.5 Å². The van der Waals surface area contributed by atoms with Crippen molar-refractivity contribution >= 4 is 5.97 Å². The zero-order valence-corrected chi connectivity index (χ0v) is 11.6. The van der Waals surface area contributed by atoms with Gasteiger partial charge in [-0.25, -0.2) is 4.79 Å². The molecule has 0 aliphatic carbocycles. The molecule has 1 N–H and O–H groups in total. The van der Waals surface area contributed by atoms with Crippen LogP contribution in [-0.4, -0.2) is 42.8 Å². The van der Waals surface area contributed by atoms with Crippen molar-refractivity contribution in [3.8, 4) is 0 Å². The van der Waals surface area contributed by atoms with E-state index < -0.39 is 5.97 Å². The van der Waals surface area contributed by atoms with E-state index in [0.717, 1.165) is 43.8 Å². The number of hydrogen-bond donors (Lipinski definition) is 1. The molecule has 1 aromatic carbocycles. The summed E-state index contributed by atoms with van der Waals surface area (Å²) in [6, 6.07) is 5.57. The molecule has 0 saturated heterocycles. The average molecular weight is 263 g/mol. The maximum atomic E-state index is 11.2. The average Bonchev–Trinajstić information content (AvgIpc) is 2.37. The summed E-state index contributed by atoms with van der Waals surface area (Å²) in [5, 5.41) is 9.19. The number of carboxylic acid groups (broad SMARTS) is 1. The molecule has 1 aromatic rings. The highest BCUT2D eigenvalue weighted by atomic mass is 16.5.